The van der Waals surface area contributed by atoms with Crippen LogP contribution >= 0.6 is 0 Å². The molecule has 154 valence electrons. The number of carbonyl (C=O) groups excluding carboxylic acids is 3. The number of hydroxylamine groups is 2. The second-order valence-corrected chi connectivity index (χ2v) is 6.09. The van der Waals surface area contributed by atoms with E-state index in [0.29, 0.717) is 5.06 Å². The average Bonchev–Trinajstić information content (AvgIpc) is 2.61. The first-order valence-corrected chi connectivity index (χ1v) is 8.32. The lowest BCUT2D eigenvalue weighted by molar-refractivity contribution is -0.272. The van der Waals surface area contributed by atoms with Gasteiger partial charge in [-0.15, -0.1) is 5.06 Å². The largest absolute Gasteiger partial charge is 0.492 e. The highest BCUT2D eigenvalue weighted by molar-refractivity contribution is 5.80. The summed E-state index contributed by atoms with van der Waals surface area (Å²) in [4.78, 5) is 39.0. The molecule has 0 atom stereocenters. The van der Waals surface area contributed by atoms with Gasteiger partial charge in [0.15, 0.2) is 0 Å². The summed E-state index contributed by atoms with van der Waals surface area (Å²) >= 11 is 0. The topological polar surface area (TPSA) is 94.2 Å². The number of alkyl halides is 3. The van der Waals surface area contributed by atoms with Crippen molar-refractivity contribution in [3.8, 4) is 0 Å². The van der Waals surface area contributed by atoms with Gasteiger partial charge in [0.25, 0.3) is 0 Å². The van der Waals surface area contributed by atoms with Gasteiger partial charge in [0, 0.05) is 6.54 Å². The molecule has 0 bridgehead atoms. The summed E-state index contributed by atoms with van der Waals surface area (Å²) in [5, 5.41) is 3.07. The molecule has 11 heteroatoms. The minimum atomic E-state index is -5.15. The van der Waals surface area contributed by atoms with Crippen LogP contribution in [0, 0.1) is 5.41 Å². The molecule has 0 radical (unpaired) electrons. The van der Waals surface area contributed by atoms with Crippen LogP contribution in [-0.2, 0) is 30.5 Å². The van der Waals surface area contributed by atoms with Crippen molar-refractivity contribution in [3.05, 3.63) is 35.9 Å². The summed E-state index contributed by atoms with van der Waals surface area (Å²) in [5.74, 6) is -3.11. The molecule has 1 aliphatic rings. The van der Waals surface area contributed by atoms with E-state index in [0.717, 1.165) is 5.56 Å². The molecule has 1 aliphatic heterocycles. The number of amides is 1. The van der Waals surface area contributed by atoms with Crippen molar-refractivity contribution in [3.63, 3.8) is 0 Å². The van der Waals surface area contributed by atoms with Gasteiger partial charge in [-0.3, -0.25) is 4.79 Å². The number of hydrogen-bond acceptors (Lipinski definition) is 7. The molecule has 0 spiro atoms. The lowest BCUT2D eigenvalue weighted by Gasteiger charge is -2.45. The molecule has 8 nitrogen and oxygen atoms in total. The Bertz CT molecular complexity index is 705. The van der Waals surface area contributed by atoms with Gasteiger partial charge in [-0.25, -0.2) is 9.59 Å². The van der Waals surface area contributed by atoms with Crippen molar-refractivity contribution in [1.29, 1.82) is 0 Å². The number of carbonyl (C=O) groups is 3. The number of benzene rings is 1. The minimum Gasteiger partial charge on any atom is -0.465 e. The fraction of sp³-hybridized carbons (Fsp3) is 0.471. The first-order valence-electron chi connectivity index (χ1n) is 8.32. The summed E-state index contributed by atoms with van der Waals surface area (Å²) in [6.45, 7) is 0.655. The van der Waals surface area contributed by atoms with Gasteiger partial charge < -0.3 is 19.6 Å². The van der Waals surface area contributed by atoms with Crippen LogP contribution in [-0.4, -0.2) is 55.5 Å². The zero-order chi connectivity index (χ0) is 20.8. The molecular formula is C17H19F3N2O6. The smallest absolute Gasteiger partial charge is 0.465 e. The van der Waals surface area contributed by atoms with Gasteiger partial charge in [0.1, 0.15) is 12.0 Å². The molecule has 1 amide bonds. The van der Waals surface area contributed by atoms with Crippen molar-refractivity contribution >= 4 is 18.0 Å². The molecule has 0 aromatic heterocycles. The molecule has 1 saturated heterocycles. The first kappa shape index (κ1) is 21.5. The number of nitrogens with zero attached hydrogens (tertiary/aromatic N) is 1. The van der Waals surface area contributed by atoms with Crippen molar-refractivity contribution in [1.82, 2.24) is 10.4 Å². The maximum atomic E-state index is 12.3. The number of rotatable bonds is 7. The standard InChI is InChI=1S/C17H19F3N2O6/c1-2-26-13(23)16(10-22(11-16)28-14(24)17(18,19)20)9-21-15(25)27-8-12-6-4-3-5-7-12/h3-7H,2,8-11H2,1H3,(H,21,25). The van der Waals surface area contributed by atoms with Gasteiger partial charge in [0.05, 0.1) is 19.7 Å². The summed E-state index contributed by atoms with van der Waals surface area (Å²) in [5.41, 5.74) is -0.583. The average molecular weight is 404 g/mol. The predicted molar refractivity (Wildman–Crippen MR) is 87.4 cm³/mol. The monoisotopic (exact) mass is 404 g/mol. The Morgan fingerprint density at radius 2 is 1.79 bits per heavy atom. The fourth-order valence-corrected chi connectivity index (χ4v) is 2.48. The van der Waals surface area contributed by atoms with Crippen molar-refractivity contribution < 1.29 is 41.9 Å². The van der Waals surface area contributed by atoms with Gasteiger partial charge >= 0.3 is 24.2 Å². The molecular weight excluding hydrogens is 385 g/mol. The van der Waals surface area contributed by atoms with Gasteiger partial charge in [0.2, 0.25) is 0 Å². The van der Waals surface area contributed by atoms with Crippen molar-refractivity contribution in [2.45, 2.75) is 19.7 Å². The maximum absolute atomic E-state index is 12.3. The van der Waals surface area contributed by atoms with E-state index in [1.807, 2.05) is 0 Å². The fourth-order valence-electron chi connectivity index (χ4n) is 2.48. The molecule has 1 fully saturated rings. The molecule has 0 aliphatic carbocycles. The Balaban J connectivity index is 1.87. The molecule has 1 aromatic carbocycles. The van der Waals surface area contributed by atoms with Crippen LogP contribution in [0.4, 0.5) is 18.0 Å². The van der Waals surface area contributed by atoms with Crippen molar-refractivity contribution in [2.75, 3.05) is 26.2 Å². The highest BCUT2D eigenvalue weighted by Crippen LogP contribution is 2.33. The third-order valence-electron chi connectivity index (χ3n) is 3.89. The second kappa shape index (κ2) is 8.91. The first-order chi connectivity index (χ1) is 13.2. The lowest BCUT2D eigenvalue weighted by Crippen LogP contribution is -2.65. The van der Waals surface area contributed by atoms with Gasteiger partial charge in [-0.2, -0.15) is 13.2 Å². The van der Waals surface area contributed by atoms with E-state index in [2.05, 4.69) is 10.2 Å². The van der Waals surface area contributed by atoms with Crippen molar-refractivity contribution in [2.24, 2.45) is 5.41 Å². The number of alkyl carbamates (subject to hydrolysis) is 1. The SMILES string of the molecule is CCOC(=O)C1(CNC(=O)OCc2ccccc2)CN(OC(=O)C(F)(F)F)C1. The normalized spacial score (nSPS) is 15.9. The van der Waals surface area contributed by atoms with Gasteiger partial charge in [-0.1, -0.05) is 30.3 Å². The number of ether oxygens (including phenoxy) is 2. The van der Waals surface area contributed by atoms with E-state index < -0.39 is 29.6 Å². The summed E-state index contributed by atoms with van der Waals surface area (Å²) in [6.07, 6.45) is -5.96. The summed E-state index contributed by atoms with van der Waals surface area (Å²) in [7, 11) is 0. The van der Waals surface area contributed by atoms with E-state index in [9.17, 15) is 27.6 Å². The molecule has 1 N–H and O–H groups in total. The molecule has 1 aromatic rings. The number of halogens is 3. The van der Waals surface area contributed by atoms with Crippen LogP contribution in [0.25, 0.3) is 0 Å². The van der Waals surface area contributed by atoms with E-state index in [4.69, 9.17) is 9.47 Å². The Morgan fingerprint density at radius 3 is 2.36 bits per heavy atom. The van der Waals surface area contributed by atoms with Crippen LogP contribution < -0.4 is 5.32 Å². The Morgan fingerprint density at radius 1 is 1.14 bits per heavy atom. The third-order valence-corrected chi connectivity index (χ3v) is 3.89. The summed E-state index contributed by atoms with van der Waals surface area (Å²) in [6, 6.07) is 8.87. The van der Waals surface area contributed by atoms with E-state index in [1.165, 1.54) is 0 Å². The van der Waals surface area contributed by atoms with Crippen LogP contribution in [0.5, 0.6) is 0 Å². The number of nitrogens with one attached hydrogen (secondary N) is 1. The Labute approximate surface area is 158 Å². The van der Waals surface area contributed by atoms with E-state index in [-0.39, 0.29) is 32.8 Å². The van der Waals surface area contributed by atoms with Crippen LogP contribution in [0.15, 0.2) is 30.3 Å². The lowest BCUT2D eigenvalue weighted by atomic mass is 9.81. The quantitative estimate of drug-likeness (QED) is 0.693. The molecule has 0 saturated carbocycles. The van der Waals surface area contributed by atoms with Crippen LogP contribution in [0.3, 0.4) is 0 Å². The zero-order valence-corrected chi connectivity index (χ0v) is 15.0. The molecule has 28 heavy (non-hydrogen) atoms. The molecule has 2 rings (SSSR count). The van der Waals surface area contributed by atoms with Crippen LogP contribution in [0.1, 0.15) is 12.5 Å². The molecule has 1 heterocycles. The summed E-state index contributed by atoms with van der Waals surface area (Å²) < 4.78 is 46.7. The second-order valence-electron chi connectivity index (χ2n) is 6.09. The Kier molecular flexibility index (Phi) is 6.84. The Hall–Kier alpha value is -2.82. The van der Waals surface area contributed by atoms with E-state index in [1.54, 1.807) is 37.3 Å². The zero-order valence-electron chi connectivity index (χ0n) is 15.0. The predicted octanol–water partition coefficient (Wildman–Crippen LogP) is 1.80. The van der Waals surface area contributed by atoms with Gasteiger partial charge in [-0.05, 0) is 12.5 Å². The number of hydrogen-bond donors (Lipinski definition) is 1. The maximum Gasteiger partial charge on any atom is 0.492 e. The van der Waals surface area contributed by atoms with Crippen LogP contribution in [0.2, 0.25) is 0 Å². The highest BCUT2D eigenvalue weighted by atomic mass is 19.4. The third kappa shape index (κ3) is 5.59. The van der Waals surface area contributed by atoms with E-state index >= 15 is 0 Å². The minimum absolute atomic E-state index is 0.00833. The highest BCUT2D eigenvalue weighted by Gasteiger charge is 2.54. The molecule has 0 unspecified atom stereocenters. The number of esters is 1.